The highest BCUT2D eigenvalue weighted by Gasteiger charge is 2.10. The van der Waals surface area contributed by atoms with Crippen LogP contribution >= 0.6 is 11.8 Å². The Balaban J connectivity index is 2.58. The van der Waals surface area contributed by atoms with Crippen LogP contribution in [-0.2, 0) is 13.0 Å². The Bertz CT molecular complexity index is 334. The molecule has 0 amide bonds. The van der Waals surface area contributed by atoms with Gasteiger partial charge in [-0.1, -0.05) is 13.8 Å². The van der Waals surface area contributed by atoms with E-state index in [4.69, 9.17) is 0 Å². The third-order valence-electron chi connectivity index (χ3n) is 2.98. The van der Waals surface area contributed by atoms with E-state index >= 15 is 0 Å². The quantitative estimate of drug-likeness (QED) is 0.724. The Hall–Kier alpha value is -0.480. The van der Waals surface area contributed by atoms with Crippen LogP contribution < -0.4 is 5.32 Å². The zero-order chi connectivity index (χ0) is 12.7. The molecule has 4 heteroatoms. The van der Waals surface area contributed by atoms with Crippen molar-refractivity contribution in [2.45, 2.75) is 40.7 Å². The van der Waals surface area contributed by atoms with Gasteiger partial charge in [-0.25, -0.2) is 0 Å². The highest BCUT2D eigenvalue weighted by Crippen LogP contribution is 2.14. The molecule has 1 N–H and O–H groups in total. The summed E-state index contributed by atoms with van der Waals surface area (Å²) in [6.07, 6.45) is 1.09. The Morgan fingerprint density at radius 2 is 2.06 bits per heavy atom. The molecule has 0 aliphatic rings. The number of aryl methyl sites for hydroxylation is 2. The van der Waals surface area contributed by atoms with Gasteiger partial charge in [-0.2, -0.15) is 16.9 Å². The first-order valence-electron chi connectivity index (χ1n) is 6.52. The zero-order valence-electron chi connectivity index (χ0n) is 11.5. The van der Waals surface area contributed by atoms with Crippen LogP contribution in [-0.4, -0.2) is 34.4 Å². The minimum absolute atomic E-state index is 1.03. The summed E-state index contributed by atoms with van der Waals surface area (Å²) in [7, 11) is 0. The van der Waals surface area contributed by atoms with E-state index < -0.39 is 0 Å². The molecule has 0 aromatic carbocycles. The summed E-state index contributed by atoms with van der Waals surface area (Å²) in [6.45, 7) is 11.8. The molecule has 1 aromatic heterocycles. The molecule has 0 atom stereocenters. The van der Waals surface area contributed by atoms with Crippen molar-refractivity contribution >= 4 is 11.8 Å². The van der Waals surface area contributed by atoms with Crippen LogP contribution in [0.15, 0.2) is 0 Å². The normalized spacial score (nSPS) is 11.1. The van der Waals surface area contributed by atoms with Crippen molar-refractivity contribution < 1.29 is 0 Å². The molecule has 98 valence electrons. The molecule has 17 heavy (non-hydrogen) atoms. The average Bonchev–Trinajstić information content (AvgIpc) is 2.57. The maximum atomic E-state index is 4.64. The highest BCUT2D eigenvalue weighted by molar-refractivity contribution is 7.99. The van der Waals surface area contributed by atoms with Gasteiger partial charge in [-0.05, 0) is 44.7 Å². The topological polar surface area (TPSA) is 29.9 Å². The summed E-state index contributed by atoms with van der Waals surface area (Å²) in [5.41, 5.74) is 3.96. The number of hydrogen-bond donors (Lipinski definition) is 1. The summed E-state index contributed by atoms with van der Waals surface area (Å²) in [5.74, 6) is 2.34. The molecule has 0 fully saturated rings. The van der Waals surface area contributed by atoms with E-state index in [1.165, 1.54) is 22.7 Å². The minimum atomic E-state index is 1.03. The average molecular weight is 255 g/mol. The second kappa shape index (κ2) is 7.77. The van der Waals surface area contributed by atoms with Gasteiger partial charge in [0, 0.05) is 11.4 Å². The number of thioether (sulfide) groups is 1. The van der Waals surface area contributed by atoms with E-state index in [2.05, 4.69) is 42.8 Å². The smallest absolute Gasteiger partial charge is 0.0628 e. The van der Waals surface area contributed by atoms with Gasteiger partial charge in [-0.15, -0.1) is 0 Å². The van der Waals surface area contributed by atoms with Crippen LogP contribution in [0.3, 0.4) is 0 Å². The SMILES string of the molecule is CCNCCc1c(C)nn(CCSCC)c1C. The number of rotatable bonds is 8. The second-order valence-corrected chi connectivity index (χ2v) is 5.57. The lowest BCUT2D eigenvalue weighted by atomic mass is 10.1. The molecule has 1 rings (SSSR count). The molecule has 0 aliphatic carbocycles. The summed E-state index contributed by atoms with van der Waals surface area (Å²) in [6, 6.07) is 0. The number of likely N-dealkylation sites (N-methyl/N-ethyl adjacent to an activating group) is 1. The monoisotopic (exact) mass is 255 g/mol. The van der Waals surface area contributed by atoms with Crippen LogP contribution in [0.1, 0.15) is 30.8 Å². The maximum absolute atomic E-state index is 4.64. The first kappa shape index (κ1) is 14.6. The molecule has 0 saturated carbocycles. The molecule has 0 aliphatic heterocycles. The second-order valence-electron chi connectivity index (χ2n) is 4.17. The number of aromatic nitrogens is 2. The van der Waals surface area contributed by atoms with Gasteiger partial charge in [0.05, 0.1) is 12.2 Å². The molecule has 0 saturated heterocycles. The molecule has 0 unspecified atom stereocenters. The highest BCUT2D eigenvalue weighted by atomic mass is 32.2. The van der Waals surface area contributed by atoms with Crippen LogP contribution in [0.2, 0.25) is 0 Å². The third-order valence-corrected chi connectivity index (χ3v) is 3.86. The predicted octanol–water partition coefficient (Wildman–Crippen LogP) is 2.41. The molecule has 1 heterocycles. The van der Waals surface area contributed by atoms with E-state index in [0.717, 1.165) is 31.8 Å². The van der Waals surface area contributed by atoms with Gasteiger partial charge >= 0.3 is 0 Å². The van der Waals surface area contributed by atoms with Gasteiger partial charge in [0.1, 0.15) is 0 Å². The lowest BCUT2D eigenvalue weighted by Crippen LogP contribution is -2.16. The van der Waals surface area contributed by atoms with Crippen LogP contribution in [0.25, 0.3) is 0 Å². The van der Waals surface area contributed by atoms with Gasteiger partial charge in [0.25, 0.3) is 0 Å². The molecular formula is C13H25N3S. The van der Waals surface area contributed by atoms with Crippen molar-refractivity contribution in [3.63, 3.8) is 0 Å². The summed E-state index contributed by atoms with van der Waals surface area (Å²) in [5, 5.41) is 8.01. The lowest BCUT2D eigenvalue weighted by molar-refractivity contribution is 0.638. The first-order valence-corrected chi connectivity index (χ1v) is 7.67. The van der Waals surface area contributed by atoms with E-state index in [1.54, 1.807) is 0 Å². The maximum Gasteiger partial charge on any atom is 0.0628 e. The lowest BCUT2D eigenvalue weighted by Gasteiger charge is -2.05. The van der Waals surface area contributed by atoms with Crippen LogP contribution in [0.5, 0.6) is 0 Å². The predicted molar refractivity (Wildman–Crippen MR) is 76.9 cm³/mol. The molecule has 0 spiro atoms. The summed E-state index contributed by atoms with van der Waals surface area (Å²) >= 11 is 1.98. The van der Waals surface area contributed by atoms with E-state index in [-0.39, 0.29) is 0 Å². The van der Waals surface area contributed by atoms with E-state index in [0.29, 0.717) is 0 Å². The fraction of sp³-hybridized carbons (Fsp3) is 0.769. The van der Waals surface area contributed by atoms with Crippen molar-refractivity contribution in [1.29, 1.82) is 0 Å². The Morgan fingerprint density at radius 3 is 2.71 bits per heavy atom. The fourth-order valence-corrected chi connectivity index (χ4v) is 2.59. The summed E-state index contributed by atoms with van der Waals surface area (Å²) < 4.78 is 2.17. The molecule has 0 radical (unpaired) electrons. The van der Waals surface area contributed by atoms with Gasteiger partial charge in [0.15, 0.2) is 0 Å². The van der Waals surface area contributed by atoms with E-state index in [1.807, 2.05) is 11.8 Å². The van der Waals surface area contributed by atoms with Crippen molar-refractivity contribution in [2.24, 2.45) is 0 Å². The summed E-state index contributed by atoms with van der Waals surface area (Å²) in [4.78, 5) is 0. The fourth-order valence-electron chi connectivity index (χ4n) is 2.00. The van der Waals surface area contributed by atoms with Gasteiger partial charge in [-0.3, -0.25) is 4.68 Å². The Labute approximate surface area is 109 Å². The number of nitrogens with zero attached hydrogens (tertiary/aromatic N) is 2. The molecule has 0 bridgehead atoms. The Morgan fingerprint density at radius 1 is 1.29 bits per heavy atom. The Kier molecular flexibility index (Phi) is 6.66. The van der Waals surface area contributed by atoms with E-state index in [9.17, 15) is 0 Å². The van der Waals surface area contributed by atoms with Crippen LogP contribution in [0, 0.1) is 13.8 Å². The molecule has 3 nitrogen and oxygen atoms in total. The number of hydrogen-bond acceptors (Lipinski definition) is 3. The van der Waals surface area contributed by atoms with Gasteiger partial charge in [0.2, 0.25) is 0 Å². The largest absolute Gasteiger partial charge is 0.317 e. The van der Waals surface area contributed by atoms with Gasteiger partial charge < -0.3 is 5.32 Å². The number of nitrogens with one attached hydrogen (secondary N) is 1. The third kappa shape index (κ3) is 4.36. The molecule has 1 aromatic rings. The zero-order valence-corrected chi connectivity index (χ0v) is 12.4. The van der Waals surface area contributed by atoms with Crippen molar-refractivity contribution in [2.75, 3.05) is 24.6 Å². The van der Waals surface area contributed by atoms with Crippen molar-refractivity contribution in [3.05, 3.63) is 17.0 Å². The van der Waals surface area contributed by atoms with Crippen LogP contribution in [0.4, 0.5) is 0 Å². The first-order chi connectivity index (χ1) is 8.20. The van der Waals surface area contributed by atoms with Crippen molar-refractivity contribution in [3.8, 4) is 0 Å². The standard InChI is InChI=1S/C13H25N3S/c1-5-14-8-7-13-11(3)15-16(12(13)4)9-10-17-6-2/h14H,5-10H2,1-4H3. The van der Waals surface area contributed by atoms with Crippen molar-refractivity contribution in [1.82, 2.24) is 15.1 Å². The molecular weight excluding hydrogens is 230 g/mol. The minimum Gasteiger partial charge on any atom is -0.317 e.